The Bertz CT molecular complexity index is 224. The van der Waals surface area contributed by atoms with Gasteiger partial charge in [0.15, 0.2) is 0 Å². The lowest BCUT2D eigenvalue weighted by Gasteiger charge is -2.06. The molecular formula is C9H20O3S2. The molecule has 0 heterocycles. The molecule has 0 bridgehead atoms. The molecule has 0 aromatic carbocycles. The summed E-state index contributed by atoms with van der Waals surface area (Å²) < 4.78 is 22.2. The van der Waals surface area contributed by atoms with Gasteiger partial charge in [0.05, 0.1) is 5.75 Å². The molecule has 1 unspecified atom stereocenters. The number of aliphatic hydroxyl groups is 1. The van der Waals surface area contributed by atoms with Crippen LogP contribution >= 0.6 is 11.8 Å². The Hall–Kier alpha value is 0.260. The summed E-state index contributed by atoms with van der Waals surface area (Å²) in [6, 6.07) is 0. The van der Waals surface area contributed by atoms with Crippen molar-refractivity contribution in [2.24, 2.45) is 5.92 Å². The summed E-state index contributed by atoms with van der Waals surface area (Å²) in [5.74, 6) is 2.61. The Morgan fingerprint density at radius 3 is 2.57 bits per heavy atom. The van der Waals surface area contributed by atoms with Crippen LogP contribution in [0.2, 0.25) is 0 Å². The molecule has 1 N–H and O–H groups in total. The zero-order chi connectivity index (χ0) is 11.0. The molecule has 0 aliphatic rings. The fourth-order valence-electron chi connectivity index (χ4n) is 0.862. The summed E-state index contributed by atoms with van der Waals surface area (Å²) >= 11 is 1.71. The number of rotatable bonds is 8. The highest BCUT2D eigenvalue weighted by Gasteiger charge is 2.06. The van der Waals surface area contributed by atoms with Crippen LogP contribution in [0.25, 0.3) is 0 Å². The van der Waals surface area contributed by atoms with Gasteiger partial charge in [-0.2, -0.15) is 11.8 Å². The molecule has 0 aromatic heterocycles. The number of hydrogen-bond acceptors (Lipinski definition) is 4. The van der Waals surface area contributed by atoms with Gasteiger partial charge in [-0.25, -0.2) is 8.42 Å². The first-order chi connectivity index (χ1) is 6.52. The Kier molecular flexibility index (Phi) is 7.68. The zero-order valence-electron chi connectivity index (χ0n) is 8.90. The highest BCUT2D eigenvalue weighted by molar-refractivity contribution is 7.99. The van der Waals surface area contributed by atoms with Crippen molar-refractivity contribution in [3.63, 3.8) is 0 Å². The van der Waals surface area contributed by atoms with Gasteiger partial charge in [-0.3, -0.25) is 0 Å². The standard InChI is InChI=1S/C9H20O3S2/c1-3-14(11,12)6-4-5-13-8-9(2)7-10/h9-10H,3-8H2,1-2H3. The van der Waals surface area contributed by atoms with Crippen LogP contribution in [0.5, 0.6) is 0 Å². The van der Waals surface area contributed by atoms with Crippen LogP contribution in [0.15, 0.2) is 0 Å². The van der Waals surface area contributed by atoms with Gasteiger partial charge in [-0.15, -0.1) is 0 Å². The average molecular weight is 240 g/mol. The molecule has 0 saturated heterocycles. The Balaban J connectivity index is 3.39. The molecule has 14 heavy (non-hydrogen) atoms. The Morgan fingerprint density at radius 1 is 1.43 bits per heavy atom. The maximum atomic E-state index is 11.1. The topological polar surface area (TPSA) is 54.4 Å². The Morgan fingerprint density at radius 2 is 2.07 bits per heavy atom. The minimum absolute atomic E-state index is 0.209. The van der Waals surface area contributed by atoms with Crippen molar-refractivity contribution in [3.8, 4) is 0 Å². The number of thioether (sulfide) groups is 1. The van der Waals surface area contributed by atoms with E-state index in [-0.39, 0.29) is 12.4 Å². The van der Waals surface area contributed by atoms with E-state index in [4.69, 9.17) is 5.11 Å². The van der Waals surface area contributed by atoms with Gasteiger partial charge in [-0.05, 0) is 23.8 Å². The molecule has 0 aliphatic heterocycles. The molecule has 1 atom stereocenters. The molecule has 0 aromatic rings. The largest absolute Gasteiger partial charge is 0.396 e. The summed E-state index contributed by atoms with van der Waals surface area (Å²) in [5, 5.41) is 8.75. The van der Waals surface area contributed by atoms with Crippen molar-refractivity contribution in [2.45, 2.75) is 20.3 Å². The second-order valence-electron chi connectivity index (χ2n) is 3.45. The van der Waals surface area contributed by atoms with E-state index in [0.717, 1.165) is 17.9 Å². The third kappa shape index (κ3) is 7.64. The van der Waals surface area contributed by atoms with Gasteiger partial charge in [-0.1, -0.05) is 13.8 Å². The van der Waals surface area contributed by atoms with E-state index >= 15 is 0 Å². The molecule has 0 rings (SSSR count). The molecule has 86 valence electrons. The number of sulfone groups is 1. The summed E-state index contributed by atoms with van der Waals surface area (Å²) in [6.45, 7) is 3.87. The molecule has 0 amide bonds. The van der Waals surface area contributed by atoms with E-state index in [9.17, 15) is 8.42 Å². The van der Waals surface area contributed by atoms with E-state index in [0.29, 0.717) is 11.7 Å². The quantitative estimate of drug-likeness (QED) is 0.647. The highest BCUT2D eigenvalue weighted by atomic mass is 32.2. The van der Waals surface area contributed by atoms with E-state index in [1.54, 1.807) is 18.7 Å². The van der Waals surface area contributed by atoms with Crippen LogP contribution < -0.4 is 0 Å². The van der Waals surface area contributed by atoms with E-state index in [1.165, 1.54) is 0 Å². The summed E-state index contributed by atoms with van der Waals surface area (Å²) in [6.07, 6.45) is 0.721. The maximum absolute atomic E-state index is 11.1. The smallest absolute Gasteiger partial charge is 0.150 e. The third-order valence-corrected chi connectivity index (χ3v) is 5.07. The SMILES string of the molecule is CCS(=O)(=O)CCCSCC(C)CO. The lowest BCUT2D eigenvalue weighted by Crippen LogP contribution is -2.10. The lowest BCUT2D eigenvalue weighted by molar-refractivity contribution is 0.250. The zero-order valence-corrected chi connectivity index (χ0v) is 10.5. The first-order valence-corrected chi connectivity index (χ1v) is 7.88. The fourth-order valence-corrected chi connectivity index (χ4v) is 2.94. The maximum Gasteiger partial charge on any atom is 0.150 e. The van der Waals surface area contributed by atoms with Crippen LogP contribution in [0.4, 0.5) is 0 Å². The minimum Gasteiger partial charge on any atom is -0.396 e. The third-order valence-electron chi connectivity index (χ3n) is 1.90. The van der Waals surface area contributed by atoms with E-state index in [1.807, 2.05) is 6.92 Å². The van der Waals surface area contributed by atoms with Crippen molar-refractivity contribution < 1.29 is 13.5 Å². The predicted molar refractivity (Wildman–Crippen MR) is 62.5 cm³/mol. The van der Waals surface area contributed by atoms with Crippen molar-refractivity contribution in [3.05, 3.63) is 0 Å². The molecule has 3 nitrogen and oxygen atoms in total. The molecular weight excluding hydrogens is 220 g/mol. The molecule has 0 spiro atoms. The van der Waals surface area contributed by atoms with E-state index in [2.05, 4.69) is 0 Å². The summed E-state index contributed by atoms with van der Waals surface area (Å²) in [5.41, 5.74) is 0. The first kappa shape index (κ1) is 14.3. The van der Waals surface area contributed by atoms with Crippen molar-refractivity contribution >= 4 is 21.6 Å². The van der Waals surface area contributed by atoms with Gasteiger partial charge in [0.25, 0.3) is 0 Å². The monoisotopic (exact) mass is 240 g/mol. The highest BCUT2D eigenvalue weighted by Crippen LogP contribution is 2.09. The second kappa shape index (κ2) is 7.54. The van der Waals surface area contributed by atoms with Crippen LogP contribution in [0.3, 0.4) is 0 Å². The average Bonchev–Trinajstić information content (AvgIpc) is 2.17. The van der Waals surface area contributed by atoms with Gasteiger partial charge < -0.3 is 5.11 Å². The second-order valence-corrected chi connectivity index (χ2v) is 7.08. The minimum atomic E-state index is -2.79. The molecule has 0 fully saturated rings. The summed E-state index contributed by atoms with van der Waals surface area (Å²) in [7, 11) is -2.79. The van der Waals surface area contributed by atoms with Crippen LogP contribution in [-0.2, 0) is 9.84 Å². The summed E-state index contributed by atoms with van der Waals surface area (Å²) in [4.78, 5) is 0. The van der Waals surface area contributed by atoms with Crippen LogP contribution in [-0.4, -0.2) is 43.1 Å². The first-order valence-electron chi connectivity index (χ1n) is 4.91. The van der Waals surface area contributed by atoms with Crippen molar-refractivity contribution in [2.75, 3.05) is 29.6 Å². The van der Waals surface area contributed by atoms with Gasteiger partial charge in [0.2, 0.25) is 0 Å². The van der Waals surface area contributed by atoms with Crippen LogP contribution in [0.1, 0.15) is 20.3 Å². The molecule has 5 heteroatoms. The van der Waals surface area contributed by atoms with Crippen LogP contribution in [0, 0.1) is 5.92 Å². The van der Waals surface area contributed by atoms with Crippen molar-refractivity contribution in [1.82, 2.24) is 0 Å². The van der Waals surface area contributed by atoms with Crippen molar-refractivity contribution in [1.29, 1.82) is 0 Å². The predicted octanol–water partition coefficient (Wildman–Crippen LogP) is 1.17. The van der Waals surface area contributed by atoms with Gasteiger partial charge in [0.1, 0.15) is 9.84 Å². The number of hydrogen-bond donors (Lipinski definition) is 1. The van der Waals surface area contributed by atoms with Gasteiger partial charge in [0, 0.05) is 12.4 Å². The molecule has 0 saturated carbocycles. The fraction of sp³-hybridized carbons (Fsp3) is 1.00. The molecule has 0 radical (unpaired) electrons. The van der Waals surface area contributed by atoms with Gasteiger partial charge >= 0.3 is 0 Å². The molecule has 0 aliphatic carbocycles. The Labute approximate surface area is 91.2 Å². The van der Waals surface area contributed by atoms with E-state index < -0.39 is 9.84 Å². The number of aliphatic hydroxyl groups excluding tert-OH is 1. The normalized spacial score (nSPS) is 14.2. The lowest BCUT2D eigenvalue weighted by atomic mass is 10.2.